The molecule has 18 heavy (non-hydrogen) atoms. The Hall–Kier alpha value is -0.640. The van der Waals surface area contributed by atoms with Crippen LogP contribution in [0.15, 0.2) is 10.6 Å². The molecule has 104 valence electrons. The van der Waals surface area contributed by atoms with Gasteiger partial charge >= 0.3 is 5.97 Å². The molecule has 0 rings (SSSR count). The van der Waals surface area contributed by atoms with E-state index in [1.165, 1.54) is 6.92 Å². The molecule has 0 aromatic rings. The highest BCUT2D eigenvalue weighted by atomic mass is 79.9. The zero-order chi connectivity index (χ0) is 14.1. The van der Waals surface area contributed by atoms with Crippen molar-refractivity contribution in [3.05, 3.63) is 10.6 Å². The Morgan fingerprint density at radius 2 is 1.94 bits per heavy atom. The van der Waals surface area contributed by atoms with Gasteiger partial charge in [-0.25, -0.2) is 0 Å². The fourth-order valence-corrected chi connectivity index (χ4v) is 2.49. The molecule has 2 atom stereocenters. The van der Waals surface area contributed by atoms with Crippen LogP contribution in [0, 0.1) is 11.8 Å². The average molecular weight is 319 g/mol. The number of unbranched alkanes of at least 4 members (excludes halogenated alkanes) is 1. The number of Topliss-reactive ketones (excluding diaryl/α,β-unsaturated/α-hetero) is 1. The lowest BCUT2D eigenvalue weighted by molar-refractivity contribution is -0.152. The van der Waals surface area contributed by atoms with E-state index >= 15 is 0 Å². The van der Waals surface area contributed by atoms with Crippen molar-refractivity contribution in [1.29, 1.82) is 0 Å². The first-order chi connectivity index (χ1) is 8.43. The Morgan fingerprint density at radius 3 is 2.39 bits per heavy atom. The number of hydrogen-bond donors (Lipinski definition) is 0. The van der Waals surface area contributed by atoms with Crippen molar-refractivity contribution in [1.82, 2.24) is 0 Å². The van der Waals surface area contributed by atoms with E-state index in [4.69, 9.17) is 4.74 Å². The molecule has 0 aliphatic rings. The van der Waals surface area contributed by atoms with Crippen molar-refractivity contribution in [3.63, 3.8) is 0 Å². The third kappa shape index (κ3) is 6.34. The van der Waals surface area contributed by atoms with Gasteiger partial charge in [0.1, 0.15) is 11.7 Å². The van der Waals surface area contributed by atoms with Crippen LogP contribution in [0.5, 0.6) is 0 Å². The van der Waals surface area contributed by atoms with E-state index < -0.39 is 11.9 Å². The number of ether oxygens (including phenoxy) is 1. The molecule has 0 aliphatic carbocycles. The number of allylic oxidation sites excluding steroid dienone is 2. The lowest BCUT2D eigenvalue weighted by Crippen LogP contribution is -2.29. The summed E-state index contributed by atoms with van der Waals surface area (Å²) in [7, 11) is 0. The molecule has 0 aromatic heterocycles. The summed E-state index contributed by atoms with van der Waals surface area (Å²) in [6.07, 6.45) is 5.09. The normalized spacial score (nSPS) is 15.1. The quantitative estimate of drug-likeness (QED) is 0.504. The van der Waals surface area contributed by atoms with E-state index in [0.717, 1.165) is 23.7 Å². The summed E-state index contributed by atoms with van der Waals surface area (Å²) in [6, 6.07) is 0. The number of carbonyl (C=O) groups excluding carboxylic acids is 2. The van der Waals surface area contributed by atoms with Gasteiger partial charge < -0.3 is 4.74 Å². The molecule has 2 unspecified atom stereocenters. The van der Waals surface area contributed by atoms with E-state index in [1.807, 2.05) is 13.0 Å². The van der Waals surface area contributed by atoms with Crippen LogP contribution in [0.25, 0.3) is 0 Å². The Morgan fingerprint density at radius 1 is 1.33 bits per heavy atom. The zero-order valence-electron chi connectivity index (χ0n) is 11.7. The summed E-state index contributed by atoms with van der Waals surface area (Å²) in [5, 5.41) is 0. The van der Waals surface area contributed by atoms with Crippen molar-refractivity contribution in [3.8, 4) is 0 Å². The summed E-state index contributed by atoms with van der Waals surface area (Å²) in [6.45, 7) is 7.48. The molecule has 0 N–H and O–H groups in total. The number of esters is 1. The van der Waals surface area contributed by atoms with Gasteiger partial charge in [-0.15, -0.1) is 0 Å². The van der Waals surface area contributed by atoms with Crippen LogP contribution in [0.1, 0.15) is 47.0 Å². The third-order valence-corrected chi connectivity index (χ3v) is 3.38. The van der Waals surface area contributed by atoms with Crippen molar-refractivity contribution in [2.45, 2.75) is 47.0 Å². The SMILES string of the molecule is CCCC/C(Br)=C/C(C)C(C(C)=O)C(=O)OCC. The summed E-state index contributed by atoms with van der Waals surface area (Å²) >= 11 is 3.48. The molecule has 4 heteroatoms. The molecule has 0 saturated carbocycles. The molecule has 0 bridgehead atoms. The number of halogens is 1. The minimum Gasteiger partial charge on any atom is -0.465 e. The minimum atomic E-state index is -0.695. The average Bonchev–Trinajstić information content (AvgIpc) is 2.26. The maximum Gasteiger partial charge on any atom is 0.317 e. The molecule has 0 amide bonds. The summed E-state index contributed by atoms with van der Waals surface area (Å²) < 4.78 is 5.99. The standard InChI is InChI=1S/C14H23BrO3/c1-5-7-8-12(15)9-10(3)13(11(4)16)14(17)18-6-2/h9-10,13H,5-8H2,1-4H3/b12-9-. The number of hydrogen-bond acceptors (Lipinski definition) is 3. The molecular weight excluding hydrogens is 296 g/mol. The Balaban J connectivity index is 4.71. The molecular formula is C14H23BrO3. The van der Waals surface area contributed by atoms with Crippen LogP contribution in [0.3, 0.4) is 0 Å². The predicted octanol–water partition coefficient (Wildman–Crippen LogP) is 3.86. The summed E-state index contributed by atoms with van der Waals surface area (Å²) in [5.74, 6) is -1.41. The molecule has 0 saturated heterocycles. The van der Waals surface area contributed by atoms with Gasteiger partial charge in [-0.1, -0.05) is 42.3 Å². The first-order valence-corrected chi connectivity index (χ1v) is 7.26. The summed E-state index contributed by atoms with van der Waals surface area (Å²) in [4.78, 5) is 23.3. The zero-order valence-corrected chi connectivity index (χ0v) is 13.2. The lowest BCUT2D eigenvalue weighted by atomic mass is 9.90. The lowest BCUT2D eigenvalue weighted by Gasteiger charge is -2.17. The molecule has 0 radical (unpaired) electrons. The molecule has 0 spiro atoms. The highest BCUT2D eigenvalue weighted by Crippen LogP contribution is 2.23. The summed E-state index contributed by atoms with van der Waals surface area (Å²) in [5.41, 5.74) is 0. The van der Waals surface area contributed by atoms with Gasteiger partial charge in [-0.05, 0) is 37.1 Å². The molecule has 0 aromatic carbocycles. The van der Waals surface area contributed by atoms with Gasteiger partial charge in [-0.3, -0.25) is 9.59 Å². The van der Waals surface area contributed by atoms with Crippen molar-refractivity contribution >= 4 is 27.7 Å². The maximum absolute atomic E-state index is 11.7. The molecule has 0 aliphatic heterocycles. The van der Waals surface area contributed by atoms with Gasteiger partial charge in [0.2, 0.25) is 0 Å². The Bertz CT molecular complexity index is 310. The van der Waals surface area contributed by atoms with Gasteiger partial charge in [0.15, 0.2) is 0 Å². The predicted molar refractivity (Wildman–Crippen MR) is 76.5 cm³/mol. The number of ketones is 1. The van der Waals surface area contributed by atoms with Crippen LogP contribution in [0.2, 0.25) is 0 Å². The van der Waals surface area contributed by atoms with Crippen LogP contribution in [-0.2, 0) is 14.3 Å². The van der Waals surface area contributed by atoms with Crippen LogP contribution < -0.4 is 0 Å². The first-order valence-electron chi connectivity index (χ1n) is 6.47. The van der Waals surface area contributed by atoms with Gasteiger partial charge in [0.25, 0.3) is 0 Å². The third-order valence-electron chi connectivity index (χ3n) is 2.72. The molecule has 3 nitrogen and oxygen atoms in total. The highest BCUT2D eigenvalue weighted by molar-refractivity contribution is 9.11. The van der Waals surface area contributed by atoms with Gasteiger partial charge in [-0.2, -0.15) is 0 Å². The van der Waals surface area contributed by atoms with Gasteiger partial charge in [0.05, 0.1) is 6.61 Å². The second-order valence-corrected chi connectivity index (χ2v) is 5.44. The smallest absolute Gasteiger partial charge is 0.317 e. The monoisotopic (exact) mass is 318 g/mol. The Labute approximate surface area is 118 Å². The van der Waals surface area contributed by atoms with E-state index in [9.17, 15) is 9.59 Å². The minimum absolute atomic E-state index is 0.145. The van der Waals surface area contributed by atoms with E-state index in [2.05, 4.69) is 22.9 Å². The van der Waals surface area contributed by atoms with Gasteiger partial charge in [0, 0.05) is 0 Å². The second-order valence-electron chi connectivity index (χ2n) is 4.42. The van der Waals surface area contributed by atoms with E-state index in [1.54, 1.807) is 6.92 Å². The number of rotatable bonds is 8. The number of carbonyl (C=O) groups is 2. The van der Waals surface area contributed by atoms with E-state index in [0.29, 0.717) is 6.61 Å². The first kappa shape index (κ1) is 17.4. The van der Waals surface area contributed by atoms with Crippen LogP contribution in [-0.4, -0.2) is 18.4 Å². The van der Waals surface area contributed by atoms with Crippen molar-refractivity contribution in [2.75, 3.05) is 6.61 Å². The maximum atomic E-state index is 11.7. The highest BCUT2D eigenvalue weighted by Gasteiger charge is 2.29. The molecule has 0 fully saturated rings. The van der Waals surface area contributed by atoms with E-state index in [-0.39, 0.29) is 11.7 Å². The van der Waals surface area contributed by atoms with Crippen LogP contribution >= 0.6 is 15.9 Å². The molecule has 0 heterocycles. The fourth-order valence-electron chi connectivity index (χ4n) is 1.79. The second kappa shape index (κ2) is 9.31. The Kier molecular flexibility index (Phi) is 8.98. The fraction of sp³-hybridized carbons (Fsp3) is 0.714. The largest absolute Gasteiger partial charge is 0.465 e. The van der Waals surface area contributed by atoms with Crippen molar-refractivity contribution in [2.24, 2.45) is 11.8 Å². The van der Waals surface area contributed by atoms with Crippen molar-refractivity contribution < 1.29 is 14.3 Å². The van der Waals surface area contributed by atoms with Crippen LogP contribution in [0.4, 0.5) is 0 Å². The topological polar surface area (TPSA) is 43.4 Å².